The number of carbonyl (C=O) groups is 1. The Labute approximate surface area is 206 Å². The molecule has 0 saturated heterocycles. The van der Waals surface area contributed by atoms with Crippen molar-refractivity contribution in [1.82, 2.24) is 9.78 Å². The Morgan fingerprint density at radius 3 is 2.39 bits per heavy atom. The Morgan fingerprint density at radius 1 is 1.14 bits per heavy atom. The number of nitrogens with one attached hydrogen (secondary N) is 2. The minimum Gasteiger partial charge on any atom is -0.493 e. The van der Waals surface area contributed by atoms with Crippen molar-refractivity contribution >= 4 is 17.4 Å². The van der Waals surface area contributed by atoms with E-state index in [2.05, 4.69) is 15.7 Å². The van der Waals surface area contributed by atoms with Crippen LogP contribution in [0.5, 0.6) is 17.2 Å². The minimum absolute atomic E-state index is 0.00676. The van der Waals surface area contributed by atoms with Gasteiger partial charge in [0.05, 0.1) is 33.6 Å². The highest BCUT2D eigenvalue weighted by Gasteiger charge is 2.47. The zero-order chi connectivity index (χ0) is 26.0. The van der Waals surface area contributed by atoms with E-state index in [-0.39, 0.29) is 17.8 Å². The molecule has 0 spiro atoms. The predicted octanol–water partition coefficient (Wildman–Crippen LogP) is 5.38. The van der Waals surface area contributed by atoms with Crippen LogP contribution in [0.15, 0.2) is 42.6 Å². The van der Waals surface area contributed by atoms with Crippen LogP contribution in [-0.2, 0) is 6.42 Å². The summed E-state index contributed by atoms with van der Waals surface area (Å²) >= 11 is 0. The molecule has 0 aliphatic carbocycles. The van der Waals surface area contributed by atoms with Crippen molar-refractivity contribution in [3.05, 3.63) is 59.3 Å². The van der Waals surface area contributed by atoms with E-state index < -0.39 is 24.2 Å². The molecule has 192 valence electrons. The van der Waals surface area contributed by atoms with Crippen molar-refractivity contribution in [3.8, 4) is 17.2 Å². The molecule has 0 radical (unpaired) electrons. The molecular formula is C25H27F3N4O4. The summed E-state index contributed by atoms with van der Waals surface area (Å²) < 4.78 is 59.2. The van der Waals surface area contributed by atoms with E-state index in [1.807, 2.05) is 19.1 Å². The molecule has 0 bridgehead atoms. The van der Waals surface area contributed by atoms with Gasteiger partial charge in [0.25, 0.3) is 5.91 Å². The third kappa shape index (κ3) is 4.65. The maximum absolute atomic E-state index is 14.1. The van der Waals surface area contributed by atoms with Crippen LogP contribution in [0.3, 0.4) is 0 Å². The number of hydrogen-bond acceptors (Lipinski definition) is 6. The van der Waals surface area contributed by atoms with Crippen molar-refractivity contribution in [2.75, 3.05) is 32.0 Å². The maximum Gasteiger partial charge on any atom is 0.410 e. The molecule has 8 nitrogen and oxygen atoms in total. The zero-order valence-electron chi connectivity index (χ0n) is 20.3. The van der Waals surface area contributed by atoms with Crippen molar-refractivity contribution in [3.63, 3.8) is 0 Å². The summed E-state index contributed by atoms with van der Waals surface area (Å²) in [4.78, 5) is 13.2. The number of rotatable bonds is 7. The van der Waals surface area contributed by atoms with Crippen LogP contribution >= 0.6 is 0 Å². The Kier molecular flexibility index (Phi) is 7.00. The van der Waals surface area contributed by atoms with Gasteiger partial charge in [-0.25, -0.2) is 4.68 Å². The molecule has 3 aromatic rings. The third-order valence-corrected chi connectivity index (χ3v) is 6.22. The highest BCUT2D eigenvalue weighted by molar-refractivity contribution is 6.07. The number of alkyl halides is 3. The molecule has 2 heterocycles. The molecule has 2 aromatic carbocycles. The lowest BCUT2D eigenvalue weighted by atomic mass is 9.95. The number of ether oxygens (including phenoxy) is 3. The van der Waals surface area contributed by atoms with Gasteiger partial charge >= 0.3 is 6.18 Å². The fourth-order valence-corrected chi connectivity index (χ4v) is 4.39. The van der Waals surface area contributed by atoms with Gasteiger partial charge in [-0.05, 0) is 35.7 Å². The largest absolute Gasteiger partial charge is 0.493 e. The first-order valence-corrected chi connectivity index (χ1v) is 11.3. The van der Waals surface area contributed by atoms with E-state index in [9.17, 15) is 18.0 Å². The number of para-hydroxylation sites is 1. The van der Waals surface area contributed by atoms with Gasteiger partial charge in [0.15, 0.2) is 17.5 Å². The standard InChI is InChI=1S/C25H27F3N4O4/c1-5-14-8-6-7-9-17(14)31-24(33)16-13-29-32-21(25(26,27)28)12-18(30-23(16)32)15-10-19(34-2)22(36-4)20(11-15)35-3/h6-11,13,18,21,30H,5,12H2,1-4H3,(H,31,33)/t18-,21-/m1/s1. The summed E-state index contributed by atoms with van der Waals surface area (Å²) in [6, 6.07) is 7.69. The fraction of sp³-hybridized carbons (Fsp3) is 0.360. The van der Waals surface area contributed by atoms with Gasteiger partial charge < -0.3 is 24.8 Å². The number of halogens is 3. The summed E-state index contributed by atoms with van der Waals surface area (Å²) in [5.74, 6) is 0.368. The quantitative estimate of drug-likeness (QED) is 0.449. The number of amides is 1. The smallest absolute Gasteiger partial charge is 0.410 e. The first-order valence-electron chi connectivity index (χ1n) is 11.3. The number of benzene rings is 2. The van der Waals surface area contributed by atoms with E-state index in [1.165, 1.54) is 21.3 Å². The fourth-order valence-electron chi connectivity index (χ4n) is 4.39. The Balaban J connectivity index is 1.74. The molecule has 2 atom stereocenters. The van der Waals surface area contributed by atoms with Gasteiger partial charge in [-0.3, -0.25) is 4.79 Å². The van der Waals surface area contributed by atoms with Gasteiger partial charge in [0.1, 0.15) is 11.4 Å². The summed E-state index contributed by atoms with van der Waals surface area (Å²) in [6.45, 7) is 1.95. The number of hydrogen-bond donors (Lipinski definition) is 2. The first-order chi connectivity index (χ1) is 17.2. The van der Waals surface area contributed by atoms with Crippen LogP contribution in [-0.4, -0.2) is 43.2 Å². The third-order valence-electron chi connectivity index (χ3n) is 6.22. The molecular weight excluding hydrogens is 477 g/mol. The molecule has 1 amide bonds. The van der Waals surface area contributed by atoms with Gasteiger partial charge in [0, 0.05) is 12.1 Å². The lowest BCUT2D eigenvalue weighted by molar-refractivity contribution is -0.173. The van der Waals surface area contributed by atoms with E-state index >= 15 is 0 Å². The normalized spacial score (nSPS) is 17.1. The van der Waals surface area contributed by atoms with Gasteiger partial charge in [-0.1, -0.05) is 25.1 Å². The number of carbonyl (C=O) groups excluding carboxylic acids is 1. The van der Waals surface area contributed by atoms with E-state index in [0.717, 1.165) is 16.4 Å². The number of nitrogens with zero attached hydrogens (tertiary/aromatic N) is 2. The zero-order valence-corrected chi connectivity index (χ0v) is 20.3. The molecule has 36 heavy (non-hydrogen) atoms. The average Bonchev–Trinajstić information content (AvgIpc) is 3.31. The monoisotopic (exact) mass is 504 g/mol. The summed E-state index contributed by atoms with van der Waals surface area (Å²) in [6.07, 6.45) is -3.11. The molecule has 0 fully saturated rings. The second-order valence-electron chi connectivity index (χ2n) is 8.26. The summed E-state index contributed by atoms with van der Waals surface area (Å²) in [5.41, 5.74) is 1.99. The SMILES string of the molecule is CCc1ccccc1NC(=O)c1cnn2c1N[C@@H](c1cc(OC)c(OC)c(OC)c1)C[C@@H]2C(F)(F)F. The number of fused-ring (bicyclic) bond motifs is 1. The van der Waals surface area contributed by atoms with E-state index in [1.54, 1.807) is 24.3 Å². The van der Waals surface area contributed by atoms with E-state index in [4.69, 9.17) is 14.2 Å². The molecule has 1 aliphatic rings. The van der Waals surface area contributed by atoms with Crippen LogP contribution in [0.1, 0.15) is 46.9 Å². The molecule has 0 saturated carbocycles. The van der Waals surface area contributed by atoms with Crippen LogP contribution in [0, 0.1) is 0 Å². The lowest BCUT2D eigenvalue weighted by Crippen LogP contribution is -2.36. The molecule has 0 unspecified atom stereocenters. The molecule has 11 heteroatoms. The summed E-state index contributed by atoms with van der Waals surface area (Å²) in [7, 11) is 4.30. The second kappa shape index (κ2) is 10.00. The molecule has 4 rings (SSSR count). The highest BCUT2D eigenvalue weighted by atomic mass is 19.4. The molecule has 2 N–H and O–H groups in total. The topological polar surface area (TPSA) is 86.6 Å². The van der Waals surface area contributed by atoms with Crippen molar-refractivity contribution in [1.29, 1.82) is 0 Å². The van der Waals surface area contributed by atoms with Crippen LogP contribution < -0.4 is 24.8 Å². The minimum atomic E-state index is -4.59. The number of anilines is 2. The highest BCUT2D eigenvalue weighted by Crippen LogP contribution is 2.47. The Hall–Kier alpha value is -3.89. The number of aromatic nitrogens is 2. The second-order valence-corrected chi connectivity index (χ2v) is 8.26. The van der Waals surface area contributed by atoms with Crippen LogP contribution in [0.4, 0.5) is 24.7 Å². The van der Waals surface area contributed by atoms with E-state index in [0.29, 0.717) is 34.9 Å². The Bertz CT molecular complexity index is 1230. The Morgan fingerprint density at radius 2 is 1.81 bits per heavy atom. The van der Waals surface area contributed by atoms with Crippen molar-refractivity contribution < 1.29 is 32.2 Å². The van der Waals surface area contributed by atoms with Crippen molar-refractivity contribution in [2.45, 2.75) is 38.0 Å². The summed E-state index contributed by atoms with van der Waals surface area (Å²) in [5, 5.41) is 9.83. The van der Waals surface area contributed by atoms with Gasteiger partial charge in [-0.2, -0.15) is 18.3 Å². The predicted molar refractivity (Wildman–Crippen MR) is 128 cm³/mol. The van der Waals surface area contributed by atoms with Crippen LogP contribution in [0.2, 0.25) is 0 Å². The maximum atomic E-state index is 14.1. The van der Waals surface area contributed by atoms with Gasteiger partial charge in [0.2, 0.25) is 5.75 Å². The number of methoxy groups -OCH3 is 3. The lowest BCUT2D eigenvalue weighted by Gasteiger charge is -2.34. The number of aryl methyl sites for hydroxylation is 1. The molecule has 1 aromatic heterocycles. The first kappa shape index (κ1) is 25.2. The van der Waals surface area contributed by atoms with Crippen LogP contribution in [0.25, 0.3) is 0 Å². The average molecular weight is 505 g/mol. The van der Waals surface area contributed by atoms with Gasteiger partial charge in [-0.15, -0.1) is 0 Å². The van der Waals surface area contributed by atoms with Crippen molar-refractivity contribution in [2.24, 2.45) is 0 Å². The molecule has 1 aliphatic heterocycles.